The lowest BCUT2D eigenvalue weighted by Crippen LogP contribution is -2.47. The molecule has 5 rings (SSSR count). The first-order valence-corrected chi connectivity index (χ1v) is 10.8. The number of nitrogens with zero attached hydrogens (tertiary/aromatic N) is 4. The lowest BCUT2D eigenvalue weighted by Gasteiger charge is -2.32. The summed E-state index contributed by atoms with van der Waals surface area (Å²) < 4.78 is 19.4. The van der Waals surface area contributed by atoms with Gasteiger partial charge < -0.3 is 18.9 Å². The van der Waals surface area contributed by atoms with E-state index in [1.54, 1.807) is 12.1 Å². The Balaban J connectivity index is 1.46. The maximum Gasteiger partial charge on any atom is 0.228 e. The van der Waals surface area contributed by atoms with Crippen molar-refractivity contribution >= 4 is 29.7 Å². The maximum atomic E-state index is 14.6. The van der Waals surface area contributed by atoms with Crippen LogP contribution in [0.25, 0.3) is 0 Å². The Morgan fingerprint density at radius 3 is 2.72 bits per heavy atom. The van der Waals surface area contributed by atoms with Crippen molar-refractivity contribution in [1.29, 1.82) is 0 Å². The van der Waals surface area contributed by atoms with Crippen LogP contribution in [-0.4, -0.2) is 58.1 Å². The number of hydrogen-bond donors (Lipinski definition) is 0. The average Bonchev–Trinajstić information content (AvgIpc) is 3.26. The van der Waals surface area contributed by atoms with Gasteiger partial charge in [-0.1, -0.05) is 11.6 Å². The predicted molar refractivity (Wildman–Crippen MR) is 112 cm³/mol. The molecule has 1 aromatic carbocycles. The van der Waals surface area contributed by atoms with Crippen molar-refractivity contribution in [2.75, 3.05) is 33.2 Å². The zero-order valence-corrected chi connectivity index (χ0v) is 18.2. The molecule has 0 spiro atoms. The topological polar surface area (TPSA) is 33.4 Å². The van der Waals surface area contributed by atoms with E-state index in [9.17, 15) is 9.18 Å². The van der Waals surface area contributed by atoms with E-state index >= 15 is 0 Å². The smallest absolute Gasteiger partial charge is 0.228 e. The molecular formula is C21H24ClFN4OS. The fourth-order valence-corrected chi connectivity index (χ4v) is 5.62. The Morgan fingerprint density at radius 1 is 1.28 bits per heavy atom. The second-order valence-electron chi connectivity index (χ2n) is 8.66. The molecule has 2 aromatic rings. The number of hydrogen-bond acceptors (Lipinski definition) is 3. The number of piperazine rings is 1. The van der Waals surface area contributed by atoms with Crippen LogP contribution in [0.5, 0.6) is 0 Å². The third kappa shape index (κ3) is 2.89. The van der Waals surface area contributed by atoms with E-state index in [0.29, 0.717) is 28.3 Å². The fourth-order valence-electron chi connectivity index (χ4n) is 5.17. The van der Waals surface area contributed by atoms with Crippen LogP contribution in [0.1, 0.15) is 29.3 Å². The molecule has 1 aromatic heterocycles. The van der Waals surface area contributed by atoms with Crippen LogP contribution in [0.2, 0.25) is 5.02 Å². The van der Waals surface area contributed by atoms with Crippen LogP contribution in [0.4, 0.5) is 4.39 Å². The molecule has 2 aliphatic heterocycles. The second-order valence-corrected chi connectivity index (χ2v) is 9.46. The van der Waals surface area contributed by atoms with Crippen LogP contribution >= 0.6 is 23.8 Å². The first-order chi connectivity index (χ1) is 13.8. The largest absolute Gasteiger partial charge is 0.340 e. The number of amides is 1. The number of carbonyl (C=O) groups excluding carboxylic acids is 1. The molecule has 0 radical (unpaired) electrons. The summed E-state index contributed by atoms with van der Waals surface area (Å²) in [5.74, 6) is 0.117. The summed E-state index contributed by atoms with van der Waals surface area (Å²) in [5, 5.41) is 0.549. The molecule has 0 bridgehead atoms. The van der Waals surface area contributed by atoms with Gasteiger partial charge in [0.2, 0.25) is 5.91 Å². The predicted octanol–water partition coefficient (Wildman–Crippen LogP) is 3.10. The van der Waals surface area contributed by atoms with Crippen molar-refractivity contribution in [3.8, 4) is 0 Å². The van der Waals surface area contributed by atoms with Crippen molar-refractivity contribution in [1.82, 2.24) is 18.9 Å². The van der Waals surface area contributed by atoms with Gasteiger partial charge in [-0.15, -0.1) is 0 Å². The van der Waals surface area contributed by atoms with Gasteiger partial charge in [0.25, 0.3) is 0 Å². The van der Waals surface area contributed by atoms with Crippen LogP contribution in [0.3, 0.4) is 0 Å². The van der Waals surface area contributed by atoms with Gasteiger partial charge in [-0.05, 0) is 49.4 Å². The van der Waals surface area contributed by atoms with Crippen LogP contribution in [0, 0.1) is 10.6 Å². The summed E-state index contributed by atoms with van der Waals surface area (Å²) in [6.07, 6.45) is 1.22. The third-order valence-corrected chi connectivity index (χ3v) is 7.72. The van der Waals surface area contributed by atoms with Crippen molar-refractivity contribution in [3.05, 3.63) is 50.8 Å². The Bertz CT molecular complexity index is 1070. The number of fused-ring (bicyclic) bond motifs is 3. The summed E-state index contributed by atoms with van der Waals surface area (Å²) in [6.45, 7) is 3.98. The highest BCUT2D eigenvalue weighted by Gasteiger charge is 2.63. The van der Waals surface area contributed by atoms with Gasteiger partial charge in [0.05, 0.1) is 6.42 Å². The van der Waals surface area contributed by atoms with Crippen molar-refractivity contribution in [3.63, 3.8) is 0 Å². The summed E-state index contributed by atoms with van der Waals surface area (Å²) in [7, 11) is 4.01. The van der Waals surface area contributed by atoms with E-state index in [0.717, 1.165) is 44.0 Å². The quantitative estimate of drug-likeness (QED) is 0.696. The zero-order valence-electron chi connectivity index (χ0n) is 16.6. The average molecular weight is 435 g/mol. The van der Waals surface area contributed by atoms with Crippen molar-refractivity contribution in [2.45, 2.75) is 30.7 Å². The highest BCUT2D eigenvalue weighted by molar-refractivity contribution is 7.71. The molecule has 2 atom stereocenters. The Kier molecular flexibility index (Phi) is 4.42. The summed E-state index contributed by atoms with van der Waals surface area (Å²) in [6, 6.07) is 4.78. The first kappa shape index (κ1) is 19.3. The number of benzene rings is 1. The van der Waals surface area contributed by atoms with Crippen molar-refractivity contribution < 1.29 is 9.18 Å². The monoisotopic (exact) mass is 434 g/mol. The first-order valence-electron chi connectivity index (χ1n) is 10.0. The van der Waals surface area contributed by atoms with E-state index < -0.39 is 0 Å². The number of aromatic nitrogens is 2. The molecule has 0 unspecified atom stereocenters. The molecule has 2 fully saturated rings. The second kappa shape index (κ2) is 6.65. The molecule has 1 saturated carbocycles. The minimum Gasteiger partial charge on any atom is -0.340 e. The van der Waals surface area contributed by atoms with Gasteiger partial charge in [0.15, 0.2) is 4.77 Å². The Labute approximate surface area is 179 Å². The molecule has 1 aliphatic carbocycles. The number of rotatable bonds is 3. The number of imidazole rings is 1. The Hall–Kier alpha value is -1.70. The summed E-state index contributed by atoms with van der Waals surface area (Å²) in [5.41, 5.74) is 2.48. The molecule has 1 saturated heterocycles. The number of halogens is 2. The molecule has 8 heteroatoms. The van der Waals surface area contributed by atoms with Gasteiger partial charge in [0, 0.05) is 67.5 Å². The van der Waals surface area contributed by atoms with Gasteiger partial charge in [-0.3, -0.25) is 4.79 Å². The molecule has 154 valence electrons. The minimum atomic E-state index is -0.280. The molecule has 5 nitrogen and oxygen atoms in total. The summed E-state index contributed by atoms with van der Waals surface area (Å²) in [4.78, 5) is 17.2. The van der Waals surface area contributed by atoms with E-state index in [4.69, 9.17) is 23.8 Å². The highest BCUT2D eigenvalue weighted by Crippen LogP contribution is 2.66. The fraction of sp³-hybridized carbons (Fsp3) is 0.524. The molecule has 1 amide bonds. The molecule has 3 aliphatic rings. The Morgan fingerprint density at radius 2 is 2.00 bits per heavy atom. The number of likely N-dealkylation sites (N-methyl/N-ethyl adjacent to an activating group) is 1. The van der Waals surface area contributed by atoms with E-state index in [1.165, 1.54) is 6.07 Å². The van der Waals surface area contributed by atoms with E-state index in [2.05, 4.69) is 16.5 Å². The lowest BCUT2D eigenvalue weighted by atomic mass is 9.93. The lowest BCUT2D eigenvalue weighted by molar-refractivity contribution is -0.132. The van der Waals surface area contributed by atoms with E-state index in [1.807, 2.05) is 16.5 Å². The van der Waals surface area contributed by atoms with Gasteiger partial charge in [0.1, 0.15) is 5.82 Å². The molecule has 29 heavy (non-hydrogen) atoms. The SMILES string of the molecule is CN1CCN(C(=O)Cc2c3n(c(=S)n2C)C[C@@]2(c4cc(Cl)ccc4F)C[C@@H]32)CC1. The normalized spacial score (nSPS) is 25.8. The van der Waals surface area contributed by atoms with Crippen LogP contribution in [-0.2, 0) is 30.2 Å². The molecule has 0 N–H and O–H groups in total. The summed E-state index contributed by atoms with van der Waals surface area (Å²) >= 11 is 11.8. The van der Waals surface area contributed by atoms with E-state index in [-0.39, 0.29) is 23.1 Å². The zero-order chi connectivity index (χ0) is 20.5. The minimum absolute atomic E-state index is 0.143. The standard InChI is InChI=1S/C21H24ClFN4OS/c1-24-5-7-26(8-6-24)18(28)10-17-19-15-11-21(15,12-27(19)20(29)25(17)2)14-9-13(22)3-4-16(14)23/h3-4,9,15H,5-8,10-12H2,1-2H3/t15-,21+/m0/s1. The van der Waals surface area contributed by atoms with Gasteiger partial charge >= 0.3 is 0 Å². The van der Waals surface area contributed by atoms with Crippen LogP contribution in [0.15, 0.2) is 18.2 Å². The maximum absolute atomic E-state index is 14.6. The highest BCUT2D eigenvalue weighted by atomic mass is 35.5. The third-order valence-electron chi connectivity index (χ3n) is 6.99. The van der Waals surface area contributed by atoms with Gasteiger partial charge in [-0.25, -0.2) is 4.39 Å². The van der Waals surface area contributed by atoms with Crippen LogP contribution < -0.4 is 0 Å². The van der Waals surface area contributed by atoms with Gasteiger partial charge in [-0.2, -0.15) is 0 Å². The number of carbonyl (C=O) groups is 1. The van der Waals surface area contributed by atoms with Crippen molar-refractivity contribution in [2.24, 2.45) is 7.05 Å². The molecule has 3 heterocycles. The molecular weight excluding hydrogens is 411 g/mol.